The van der Waals surface area contributed by atoms with Gasteiger partial charge in [0.05, 0.1) is 0 Å². The van der Waals surface area contributed by atoms with Gasteiger partial charge in [0.15, 0.2) is 0 Å². The monoisotopic (exact) mass is 216 g/mol. The van der Waals surface area contributed by atoms with Crippen LogP contribution in [0.2, 0.25) is 12.8 Å². The van der Waals surface area contributed by atoms with Crippen molar-refractivity contribution in [3.05, 3.63) is 0 Å². The third-order valence-electron chi connectivity index (χ3n) is 2.60. The molecule has 0 radical (unpaired) electrons. The van der Waals surface area contributed by atoms with Gasteiger partial charge in [-0.2, -0.15) is 0 Å². The Morgan fingerprint density at radius 3 is 0.733 bits per heavy atom. The second kappa shape index (κ2) is 6.60. The molecule has 84 valence electrons. The molecule has 0 atom stereocenters. The molecule has 0 aliphatic rings. The minimum Gasteiger partial charge on any atom is -1.00 e. The number of hydrogen-bond acceptors (Lipinski definition) is 0. The maximum Gasteiger partial charge on any atom is 1.00 e. The Morgan fingerprint density at radius 2 is 0.733 bits per heavy atom. The van der Waals surface area contributed by atoms with E-state index in [0.29, 0.717) is 12.8 Å². The van der Waals surface area contributed by atoms with Crippen LogP contribution >= 0.6 is 0 Å². The van der Waals surface area contributed by atoms with Gasteiger partial charge in [-0.25, -0.2) is 0 Å². The van der Waals surface area contributed by atoms with Crippen molar-refractivity contribution in [3.8, 4) is 0 Å². The van der Waals surface area contributed by atoms with Crippen molar-refractivity contribution < 1.29 is 42.0 Å². The summed E-state index contributed by atoms with van der Waals surface area (Å²) in [4.78, 5) is 0. The molecule has 0 aliphatic carbocycles. The summed E-state index contributed by atoms with van der Waals surface area (Å²) >= 11 is -0.799. The molecule has 0 saturated carbocycles. The molecule has 0 spiro atoms. The number of hydrogen-bond donors (Lipinski definition) is 0. The fraction of sp³-hybridized carbons (Fsp3) is 1.00. The summed E-state index contributed by atoms with van der Waals surface area (Å²) < 4.78 is 1.57. The molecule has 0 saturated heterocycles. The molecule has 0 N–H and O–H groups in total. The molecule has 15 heavy (non-hydrogen) atoms. The normalized spacial score (nSPS) is 12.6. The second-order valence-corrected chi connectivity index (χ2v) is 13.6. The van der Waals surface area contributed by atoms with E-state index >= 15 is 0 Å². The maximum absolute atomic E-state index is 2.42. The Morgan fingerprint density at radius 1 is 0.600 bits per heavy atom. The molecule has 0 nitrogen and oxygen atoms in total. The first-order chi connectivity index (χ1) is 5.37. The molecular weight excluding hydrogens is 185 g/mol. The zero-order chi connectivity index (χ0) is 11.1. The standard InChI is InChI=1S/3C4H9.Al.2Li.H2.2H/c3*1-4(2)3;;;;;;/h3*1-3H3;;;;1H;;/q;;;;2*+1;;2*-1. The first-order valence-electron chi connectivity index (χ1n) is 5.37. The molecule has 3 heteroatoms. The molecule has 0 aromatic carbocycles. The quantitative estimate of drug-likeness (QED) is 0.473. The fourth-order valence-electron chi connectivity index (χ4n) is 3.90. The molecule has 0 unspecified atom stereocenters. The molecular formula is C12H31AlLi2. The van der Waals surface area contributed by atoms with Crippen molar-refractivity contribution in [1.82, 2.24) is 0 Å². The average molecular weight is 216 g/mol. The van der Waals surface area contributed by atoms with Crippen molar-refractivity contribution in [2.24, 2.45) is 0 Å². The summed E-state index contributed by atoms with van der Waals surface area (Å²) in [6, 6.07) is 0. The average Bonchev–Trinajstić information content (AvgIpc) is 1.44. The molecule has 0 fully saturated rings. The van der Waals surface area contributed by atoms with Gasteiger partial charge in [-0.15, -0.1) is 0 Å². The van der Waals surface area contributed by atoms with E-state index in [0.717, 1.165) is 0 Å². The summed E-state index contributed by atoms with van der Waals surface area (Å²) in [5.41, 5.74) is 0. The van der Waals surface area contributed by atoms with E-state index in [9.17, 15) is 0 Å². The van der Waals surface area contributed by atoms with Crippen molar-refractivity contribution in [2.45, 2.75) is 75.1 Å². The molecule has 0 aromatic heterocycles. The molecule has 0 amide bonds. The van der Waals surface area contributed by atoms with E-state index in [1.54, 1.807) is 0 Å². The van der Waals surface area contributed by atoms with Crippen LogP contribution in [0.25, 0.3) is 0 Å². The van der Waals surface area contributed by atoms with Crippen LogP contribution in [0.1, 0.15) is 66.6 Å². The van der Waals surface area contributed by atoms with Gasteiger partial charge in [0.2, 0.25) is 0 Å². The van der Waals surface area contributed by atoms with Crippen LogP contribution < -0.4 is 37.7 Å². The van der Waals surface area contributed by atoms with Gasteiger partial charge in [0, 0.05) is 1.43 Å². The van der Waals surface area contributed by atoms with Gasteiger partial charge in [-0.3, -0.25) is 0 Å². The Bertz CT molecular complexity index is 148. The minimum absolute atomic E-state index is 0. The SMILES string of the molecule is C[C](C)(C)[Al]([C](C)(C)C)[C](C)(C)C.[H-].[H-].[HH].[Li+].[Li+]. The van der Waals surface area contributed by atoms with Gasteiger partial charge < -0.3 is 2.85 Å². The van der Waals surface area contributed by atoms with Crippen LogP contribution in [0.5, 0.6) is 0 Å². The largest absolute Gasteiger partial charge is 1.00 e. The van der Waals surface area contributed by atoms with Gasteiger partial charge in [-0.05, 0) is 0 Å². The van der Waals surface area contributed by atoms with Gasteiger partial charge in [-0.1, -0.05) is 75.1 Å². The smallest absolute Gasteiger partial charge is 1.00 e. The Labute approximate surface area is 131 Å². The first kappa shape index (κ1) is 22.0. The van der Waals surface area contributed by atoms with E-state index < -0.39 is 14.1 Å². The molecule has 0 heterocycles. The first-order valence-corrected chi connectivity index (χ1v) is 7.10. The third-order valence-corrected chi connectivity index (χ3v) is 7.79. The van der Waals surface area contributed by atoms with Crippen LogP contribution in [0.15, 0.2) is 0 Å². The summed E-state index contributed by atoms with van der Waals surface area (Å²) in [5, 5.41) is 0. The third kappa shape index (κ3) is 7.62. The predicted molar refractivity (Wildman–Crippen MR) is 69.2 cm³/mol. The van der Waals surface area contributed by atoms with Crippen molar-refractivity contribution in [2.75, 3.05) is 0 Å². The van der Waals surface area contributed by atoms with E-state index in [2.05, 4.69) is 62.3 Å². The van der Waals surface area contributed by atoms with E-state index in [4.69, 9.17) is 0 Å². The van der Waals surface area contributed by atoms with Crippen LogP contribution in [0.3, 0.4) is 0 Å². The molecule has 0 rings (SSSR count). The zero-order valence-electron chi connectivity index (χ0n) is 15.1. The number of rotatable bonds is 0. The van der Waals surface area contributed by atoms with E-state index in [1.807, 2.05) is 0 Å². The summed E-state index contributed by atoms with van der Waals surface area (Å²) in [7, 11) is 0. The minimum atomic E-state index is -0.799. The van der Waals surface area contributed by atoms with Crippen molar-refractivity contribution in [1.29, 1.82) is 0 Å². The van der Waals surface area contributed by atoms with Crippen LogP contribution in [-0.2, 0) is 0 Å². The summed E-state index contributed by atoms with van der Waals surface area (Å²) in [6.07, 6.45) is 0. The summed E-state index contributed by atoms with van der Waals surface area (Å²) in [5.74, 6) is 0. The van der Waals surface area contributed by atoms with Gasteiger partial charge in [0.25, 0.3) is 14.1 Å². The van der Waals surface area contributed by atoms with Crippen LogP contribution in [0, 0.1) is 0 Å². The van der Waals surface area contributed by atoms with E-state index in [-0.39, 0.29) is 42.0 Å². The topological polar surface area (TPSA) is 0 Å². The Kier molecular flexibility index (Phi) is 9.67. The van der Waals surface area contributed by atoms with Crippen molar-refractivity contribution >= 4 is 14.1 Å². The van der Waals surface area contributed by atoms with Crippen LogP contribution in [-0.4, -0.2) is 14.1 Å². The van der Waals surface area contributed by atoms with Crippen molar-refractivity contribution in [3.63, 3.8) is 0 Å². The van der Waals surface area contributed by atoms with E-state index in [1.165, 1.54) is 0 Å². The van der Waals surface area contributed by atoms with Crippen LogP contribution in [0.4, 0.5) is 0 Å². The Hall–Kier alpha value is 1.73. The fourth-order valence-corrected chi connectivity index (χ4v) is 11.7. The van der Waals surface area contributed by atoms with Gasteiger partial charge in [0.1, 0.15) is 0 Å². The molecule has 0 bridgehead atoms. The zero-order valence-corrected chi connectivity index (χ0v) is 14.2. The maximum atomic E-state index is 2.42. The van der Waals surface area contributed by atoms with Gasteiger partial charge >= 0.3 is 37.7 Å². The predicted octanol–water partition coefficient (Wildman–Crippen LogP) is -0.639. The molecule has 0 aromatic rings. The summed E-state index contributed by atoms with van der Waals surface area (Å²) in [6.45, 7) is 21.8. The second-order valence-electron chi connectivity index (χ2n) is 7.53. The molecule has 0 aliphatic heterocycles. The Balaban J connectivity index is -0.0000000720.